The standard InChI is InChI=1S/C22H21BrClN3OS/c1-15-12-17(16(2)27(15)20-5-3-4-18(23)13-20)14-25-26-22(28)10-11-29-21-8-6-19(24)7-9-21/h3-9,12-14H,10-11H2,1-2H3,(H,26,28)/b25-14+. The van der Waals surface area contributed by atoms with E-state index >= 15 is 0 Å². The Morgan fingerprint density at radius 3 is 2.69 bits per heavy atom. The van der Waals surface area contributed by atoms with Crippen molar-refractivity contribution in [1.82, 2.24) is 9.99 Å². The van der Waals surface area contributed by atoms with E-state index in [1.165, 1.54) is 0 Å². The number of aryl methyl sites for hydroxylation is 1. The van der Waals surface area contributed by atoms with Gasteiger partial charge in [0.25, 0.3) is 0 Å². The molecule has 0 saturated heterocycles. The number of hydrogen-bond acceptors (Lipinski definition) is 3. The fraction of sp³-hybridized carbons (Fsp3) is 0.182. The Bertz CT molecular complexity index is 1030. The summed E-state index contributed by atoms with van der Waals surface area (Å²) in [5.41, 5.74) is 6.83. The van der Waals surface area contributed by atoms with E-state index < -0.39 is 0 Å². The van der Waals surface area contributed by atoms with E-state index in [1.807, 2.05) is 43.3 Å². The number of hydrogen-bond donors (Lipinski definition) is 1. The van der Waals surface area contributed by atoms with Crippen molar-refractivity contribution < 1.29 is 4.79 Å². The van der Waals surface area contributed by atoms with Crippen LogP contribution in [0.5, 0.6) is 0 Å². The van der Waals surface area contributed by atoms with Crippen LogP contribution in [0.3, 0.4) is 0 Å². The number of rotatable bonds is 7. The highest BCUT2D eigenvalue weighted by Crippen LogP contribution is 2.23. The molecular weight excluding hydrogens is 470 g/mol. The van der Waals surface area contributed by atoms with E-state index in [0.29, 0.717) is 17.2 Å². The zero-order valence-electron chi connectivity index (χ0n) is 16.2. The van der Waals surface area contributed by atoms with Crippen LogP contribution in [-0.4, -0.2) is 22.4 Å². The SMILES string of the molecule is Cc1cc(/C=N/NC(=O)CCSc2ccc(Cl)cc2)c(C)n1-c1cccc(Br)c1. The molecule has 1 aromatic heterocycles. The predicted octanol–water partition coefficient (Wildman–Crippen LogP) is 6.14. The molecule has 0 aliphatic heterocycles. The minimum Gasteiger partial charge on any atom is -0.318 e. The fourth-order valence-electron chi connectivity index (χ4n) is 2.95. The third kappa shape index (κ3) is 5.98. The van der Waals surface area contributed by atoms with Gasteiger partial charge in [0.15, 0.2) is 0 Å². The number of hydrazone groups is 1. The first-order valence-corrected chi connectivity index (χ1v) is 11.2. The predicted molar refractivity (Wildman–Crippen MR) is 125 cm³/mol. The number of aromatic nitrogens is 1. The third-order valence-corrected chi connectivity index (χ3v) is 6.10. The van der Waals surface area contributed by atoms with E-state index in [-0.39, 0.29) is 5.91 Å². The lowest BCUT2D eigenvalue weighted by Gasteiger charge is -2.09. The molecule has 4 nitrogen and oxygen atoms in total. The first kappa shape index (κ1) is 21.7. The molecule has 3 aromatic rings. The smallest absolute Gasteiger partial charge is 0.240 e. The van der Waals surface area contributed by atoms with Crippen LogP contribution < -0.4 is 5.43 Å². The number of carbonyl (C=O) groups is 1. The molecule has 3 rings (SSSR count). The molecule has 0 saturated carbocycles. The Kier molecular flexibility index (Phi) is 7.58. The summed E-state index contributed by atoms with van der Waals surface area (Å²) in [6.07, 6.45) is 2.09. The van der Waals surface area contributed by atoms with Crippen molar-refractivity contribution in [3.8, 4) is 5.69 Å². The summed E-state index contributed by atoms with van der Waals surface area (Å²) < 4.78 is 3.19. The summed E-state index contributed by atoms with van der Waals surface area (Å²) in [6, 6.07) is 17.8. The quantitative estimate of drug-likeness (QED) is 0.245. The Labute approximate surface area is 188 Å². The first-order valence-electron chi connectivity index (χ1n) is 9.09. The maximum atomic E-state index is 12.0. The summed E-state index contributed by atoms with van der Waals surface area (Å²) >= 11 is 11.0. The topological polar surface area (TPSA) is 46.4 Å². The van der Waals surface area contributed by atoms with Crippen LogP contribution in [0.25, 0.3) is 5.69 Å². The van der Waals surface area contributed by atoms with E-state index in [1.54, 1.807) is 18.0 Å². The number of benzene rings is 2. The lowest BCUT2D eigenvalue weighted by atomic mass is 10.2. The molecule has 1 N–H and O–H groups in total. The molecule has 7 heteroatoms. The van der Waals surface area contributed by atoms with Crippen molar-refractivity contribution in [3.63, 3.8) is 0 Å². The second-order valence-electron chi connectivity index (χ2n) is 6.49. The van der Waals surface area contributed by atoms with E-state index in [4.69, 9.17) is 11.6 Å². The number of carbonyl (C=O) groups excluding carboxylic acids is 1. The maximum Gasteiger partial charge on any atom is 0.240 e. The van der Waals surface area contributed by atoms with Gasteiger partial charge < -0.3 is 4.57 Å². The van der Waals surface area contributed by atoms with Gasteiger partial charge >= 0.3 is 0 Å². The molecule has 0 fully saturated rings. The summed E-state index contributed by atoms with van der Waals surface area (Å²) in [5.74, 6) is 0.573. The lowest BCUT2D eigenvalue weighted by molar-refractivity contribution is -0.120. The van der Waals surface area contributed by atoms with Gasteiger partial charge in [-0.25, -0.2) is 5.43 Å². The average molecular weight is 491 g/mol. The molecule has 29 heavy (non-hydrogen) atoms. The summed E-state index contributed by atoms with van der Waals surface area (Å²) in [6.45, 7) is 4.09. The van der Waals surface area contributed by atoms with Crippen LogP contribution in [0.1, 0.15) is 23.4 Å². The highest BCUT2D eigenvalue weighted by atomic mass is 79.9. The van der Waals surface area contributed by atoms with Crippen molar-refractivity contribution in [1.29, 1.82) is 0 Å². The maximum absolute atomic E-state index is 12.0. The minimum atomic E-state index is -0.108. The summed E-state index contributed by atoms with van der Waals surface area (Å²) in [5, 5.41) is 4.84. The second kappa shape index (κ2) is 10.1. The molecule has 0 unspecified atom stereocenters. The van der Waals surface area contributed by atoms with Gasteiger partial charge in [-0.3, -0.25) is 4.79 Å². The molecule has 0 radical (unpaired) electrons. The van der Waals surface area contributed by atoms with Crippen LogP contribution in [0.15, 0.2) is 69.1 Å². The van der Waals surface area contributed by atoms with Gasteiger partial charge in [-0.05, 0) is 62.4 Å². The van der Waals surface area contributed by atoms with Gasteiger partial charge in [-0.2, -0.15) is 5.10 Å². The number of nitrogens with one attached hydrogen (secondary N) is 1. The van der Waals surface area contributed by atoms with Crippen molar-refractivity contribution in [3.05, 3.63) is 81.0 Å². The number of halogens is 2. The summed E-state index contributed by atoms with van der Waals surface area (Å²) in [4.78, 5) is 13.1. The minimum absolute atomic E-state index is 0.108. The highest BCUT2D eigenvalue weighted by molar-refractivity contribution is 9.10. The Balaban J connectivity index is 1.55. The van der Waals surface area contributed by atoms with Crippen LogP contribution in [-0.2, 0) is 4.79 Å². The third-order valence-electron chi connectivity index (χ3n) is 4.34. The molecule has 0 bridgehead atoms. The Hall–Kier alpha value is -2.02. The highest BCUT2D eigenvalue weighted by Gasteiger charge is 2.10. The monoisotopic (exact) mass is 489 g/mol. The van der Waals surface area contributed by atoms with E-state index in [9.17, 15) is 4.79 Å². The van der Waals surface area contributed by atoms with Crippen LogP contribution in [0, 0.1) is 13.8 Å². The van der Waals surface area contributed by atoms with Gasteiger partial charge in [0.1, 0.15) is 0 Å². The Morgan fingerprint density at radius 2 is 1.97 bits per heavy atom. The molecule has 2 aromatic carbocycles. The van der Waals surface area contributed by atoms with Crippen LogP contribution in [0.2, 0.25) is 5.02 Å². The number of amides is 1. The second-order valence-corrected chi connectivity index (χ2v) is 9.01. The molecule has 0 aliphatic carbocycles. The normalized spacial score (nSPS) is 11.2. The molecule has 0 atom stereocenters. The van der Waals surface area contributed by atoms with Crippen LogP contribution >= 0.6 is 39.3 Å². The largest absolute Gasteiger partial charge is 0.318 e. The molecule has 0 spiro atoms. The molecule has 1 amide bonds. The average Bonchev–Trinajstić information content (AvgIpc) is 2.97. The van der Waals surface area contributed by atoms with Gasteiger partial charge in [-0.15, -0.1) is 11.8 Å². The van der Waals surface area contributed by atoms with Gasteiger partial charge in [0, 0.05) is 49.2 Å². The fourth-order valence-corrected chi connectivity index (χ4v) is 4.32. The van der Waals surface area contributed by atoms with E-state index in [0.717, 1.165) is 32.0 Å². The van der Waals surface area contributed by atoms with Crippen molar-refractivity contribution >= 4 is 51.4 Å². The summed E-state index contributed by atoms with van der Waals surface area (Å²) in [7, 11) is 0. The first-order chi connectivity index (χ1) is 13.9. The molecular formula is C22H21BrClN3OS. The van der Waals surface area contributed by atoms with E-state index in [2.05, 4.69) is 56.1 Å². The lowest BCUT2D eigenvalue weighted by Crippen LogP contribution is -2.17. The van der Waals surface area contributed by atoms with Crippen molar-refractivity contribution in [2.24, 2.45) is 5.10 Å². The number of thioether (sulfide) groups is 1. The van der Waals surface area contributed by atoms with Gasteiger partial charge in [0.2, 0.25) is 5.91 Å². The van der Waals surface area contributed by atoms with Gasteiger partial charge in [0.05, 0.1) is 6.21 Å². The van der Waals surface area contributed by atoms with Crippen LogP contribution in [0.4, 0.5) is 0 Å². The van der Waals surface area contributed by atoms with Crippen molar-refractivity contribution in [2.75, 3.05) is 5.75 Å². The zero-order valence-corrected chi connectivity index (χ0v) is 19.3. The Morgan fingerprint density at radius 1 is 1.21 bits per heavy atom. The molecule has 0 aliphatic rings. The molecule has 150 valence electrons. The molecule has 1 heterocycles. The zero-order chi connectivity index (χ0) is 20.8. The van der Waals surface area contributed by atoms with Crippen molar-refractivity contribution in [2.45, 2.75) is 25.2 Å². The number of nitrogens with zero attached hydrogens (tertiary/aromatic N) is 2. The van der Waals surface area contributed by atoms with Gasteiger partial charge in [-0.1, -0.05) is 33.6 Å².